The second-order valence-electron chi connectivity index (χ2n) is 6.46. The number of nitrogens with zero attached hydrogens (tertiary/aromatic N) is 3. The van der Waals surface area contributed by atoms with E-state index in [-0.39, 0.29) is 11.9 Å². The van der Waals surface area contributed by atoms with Crippen molar-refractivity contribution in [1.82, 2.24) is 20.2 Å². The molecule has 7 nitrogen and oxygen atoms in total. The summed E-state index contributed by atoms with van der Waals surface area (Å²) in [5, 5.41) is 7.26. The SMILES string of the molecule is C[C@H](Sc1nc(Nc2ccccc2Cl)c2ccccc2n1)C(=O)N1CCNC1=O. The van der Waals surface area contributed by atoms with Gasteiger partial charge in [-0.05, 0) is 31.2 Å². The van der Waals surface area contributed by atoms with Gasteiger partial charge in [-0.3, -0.25) is 9.69 Å². The first-order valence-electron chi connectivity index (χ1n) is 9.07. The highest BCUT2D eigenvalue weighted by molar-refractivity contribution is 8.00. The van der Waals surface area contributed by atoms with Crippen LogP contribution in [0.4, 0.5) is 16.3 Å². The van der Waals surface area contributed by atoms with Crippen molar-refractivity contribution in [3.63, 3.8) is 0 Å². The highest BCUT2D eigenvalue weighted by Gasteiger charge is 2.30. The number of anilines is 2. The fourth-order valence-corrected chi connectivity index (χ4v) is 4.03. The van der Waals surface area contributed by atoms with Crippen LogP contribution in [0.25, 0.3) is 10.9 Å². The lowest BCUT2D eigenvalue weighted by Crippen LogP contribution is -2.39. The number of halogens is 1. The van der Waals surface area contributed by atoms with Crippen molar-refractivity contribution >= 4 is 57.7 Å². The number of fused-ring (bicyclic) bond motifs is 1. The Bertz CT molecular complexity index is 1090. The largest absolute Gasteiger partial charge is 0.338 e. The Hall–Kier alpha value is -2.84. The third-order valence-electron chi connectivity index (χ3n) is 4.46. The van der Waals surface area contributed by atoms with E-state index in [4.69, 9.17) is 11.6 Å². The van der Waals surface area contributed by atoms with Crippen LogP contribution in [0.3, 0.4) is 0 Å². The van der Waals surface area contributed by atoms with Gasteiger partial charge in [-0.1, -0.05) is 47.6 Å². The fraction of sp³-hybridized carbons (Fsp3) is 0.200. The van der Waals surface area contributed by atoms with Crippen LogP contribution in [-0.2, 0) is 4.79 Å². The van der Waals surface area contributed by atoms with Crippen LogP contribution >= 0.6 is 23.4 Å². The maximum absolute atomic E-state index is 12.6. The van der Waals surface area contributed by atoms with Crippen LogP contribution in [0, 0.1) is 0 Å². The van der Waals surface area contributed by atoms with Gasteiger partial charge in [0.1, 0.15) is 5.82 Å². The average Bonchev–Trinajstić information content (AvgIpc) is 3.15. The van der Waals surface area contributed by atoms with E-state index in [1.54, 1.807) is 13.0 Å². The molecule has 1 aliphatic rings. The normalized spacial score (nSPS) is 14.7. The number of carbonyl (C=O) groups excluding carboxylic acids is 2. The molecular weight excluding hydrogens is 410 g/mol. The van der Waals surface area contributed by atoms with Gasteiger partial charge in [0.15, 0.2) is 5.16 Å². The van der Waals surface area contributed by atoms with Crippen molar-refractivity contribution in [2.45, 2.75) is 17.3 Å². The highest BCUT2D eigenvalue weighted by atomic mass is 35.5. The third-order valence-corrected chi connectivity index (χ3v) is 5.74. The second-order valence-corrected chi connectivity index (χ2v) is 8.17. The van der Waals surface area contributed by atoms with Gasteiger partial charge < -0.3 is 10.6 Å². The summed E-state index contributed by atoms with van der Waals surface area (Å²) in [6, 6.07) is 14.7. The number of para-hydroxylation sites is 2. The Balaban J connectivity index is 1.64. The number of rotatable bonds is 5. The second kappa shape index (κ2) is 8.26. The summed E-state index contributed by atoms with van der Waals surface area (Å²) in [6.07, 6.45) is 0. The molecule has 2 aromatic carbocycles. The third kappa shape index (κ3) is 4.13. The first-order chi connectivity index (χ1) is 14.0. The van der Waals surface area contributed by atoms with E-state index in [2.05, 4.69) is 20.6 Å². The van der Waals surface area contributed by atoms with E-state index in [1.807, 2.05) is 42.5 Å². The van der Waals surface area contributed by atoms with Crippen LogP contribution in [0.15, 0.2) is 53.7 Å². The molecule has 9 heteroatoms. The molecule has 148 valence electrons. The minimum atomic E-state index is -0.506. The quantitative estimate of drug-likeness (QED) is 0.471. The van der Waals surface area contributed by atoms with Gasteiger partial charge in [0.05, 0.1) is 21.5 Å². The maximum Gasteiger partial charge on any atom is 0.324 e. The molecule has 2 heterocycles. The van der Waals surface area contributed by atoms with Crippen LogP contribution in [0.2, 0.25) is 5.02 Å². The van der Waals surface area contributed by atoms with Gasteiger partial charge in [0, 0.05) is 18.5 Å². The van der Waals surface area contributed by atoms with Gasteiger partial charge in [-0.25, -0.2) is 14.8 Å². The summed E-state index contributed by atoms with van der Waals surface area (Å²) in [6.45, 7) is 2.60. The molecule has 0 radical (unpaired) electrons. The van der Waals surface area contributed by atoms with Crippen LogP contribution in [0.5, 0.6) is 0 Å². The van der Waals surface area contributed by atoms with E-state index < -0.39 is 5.25 Å². The number of amides is 3. The standard InChI is InChI=1S/C20H18ClN5O2S/c1-12(18(27)26-11-10-22-20(26)28)29-19-24-15-8-4-2-6-13(15)17(25-19)23-16-9-5-3-7-14(16)21/h2-9,12H,10-11H2,1H3,(H,22,28)(H,23,24,25)/t12-/m0/s1. The lowest BCUT2D eigenvalue weighted by atomic mass is 10.2. The maximum atomic E-state index is 12.6. The van der Waals surface area contributed by atoms with E-state index in [0.717, 1.165) is 16.6 Å². The molecule has 3 amide bonds. The molecule has 3 aromatic rings. The summed E-state index contributed by atoms with van der Waals surface area (Å²) < 4.78 is 0. The van der Waals surface area contributed by atoms with Crippen LogP contribution < -0.4 is 10.6 Å². The number of nitrogens with one attached hydrogen (secondary N) is 2. The molecule has 1 aliphatic heterocycles. The van der Waals surface area contributed by atoms with Crippen molar-refractivity contribution in [2.24, 2.45) is 0 Å². The highest BCUT2D eigenvalue weighted by Crippen LogP contribution is 2.31. The number of imide groups is 1. The lowest BCUT2D eigenvalue weighted by molar-refractivity contribution is -0.126. The summed E-state index contributed by atoms with van der Waals surface area (Å²) >= 11 is 7.50. The first kappa shape index (κ1) is 19.5. The van der Waals surface area contributed by atoms with Gasteiger partial charge >= 0.3 is 6.03 Å². The Labute approximate surface area is 176 Å². The minimum Gasteiger partial charge on any atom is -0.338 e. The molecule has 1 aromatic heterocycles. The molecule has 0 saturated carbocycles. The predicted molar refractivity (Wildman–Crippen MR) is 115 cm³/mol. The van der Waals surface area contributed by atoms with Crippen molar-refractivity contribution in [3.05, 3.63) is 53.6 Å². The summed E-state index contributed by atoms with van der Waals surface area (Å²) in [5.74, 6) is 0.340. The molecule has 1 fully saturated rings. The fourth-order valence-electron chi connectivity index (χ4n) is 3.00. The Morgan fingerprint density at radius 3 is 2.72 bits per heavy atom. The Morgan fingerprint density at radius 1 is 1.21 bits per heavy atom. The average molecular weight is 428 g/mol. The van der Waals surface area contributed by atoms with E-state index >= 15 is 0 Å². The van der Waals surface area contributed by atoms with Crippen molar-refractivity contribution in [1.29, 1.82) is 0 Å². The van der Waals surface area contributed by atoms with Gasteiger partial charge in [-0.15, -0.1) is 0 Å². The molecule has 0 bridgehead atoms. The topological polar surface area (TPSA) is 87.2 Å². The molecule has 0 unspecified atom stereocenters. The smallest absolute Gasteiger partial charge is 0.324 e. The first-order valence-corrected chi connectivity index (χ1v) is 10.3. The van der Waals surface area contributed by atoms with Crippen LogP contribution in [-0.4, -0.2) is 45.1 Å². The molecule has 29 heavy (non-hydrogen) atoms. The van der Waals surface area contributed by atoms with E-state index in [1.165, 1.54) is 16.7 Å². The number of aromatic nitrogens is 2. The molecule has 2 N–H and O–H groups in total. The summed E-state index contributed by atoms with van der Waals surface area (Å²) in [5.41, 5.74) is 1.48. The van der Waals surface area contributed by atoms with E-state index in [0.29, 0.717) is 29.1 Å². The number of thioether (sulfide) groups is 1. The van der Waals surface area contributed by atoms with Crippen molar-refractivity contribution < 1.29 is 9.59 Å². The Morgan fingerprint density at radius 2 is 1.97 bits per heavy atom. The summed E-state index contributed by atoms with van der Waals surface area (Å²) in [4.78, 5) is 34.8. The van der Waals surface area contributed by atoms with Crippen molar-refractivity contribution in [2.75, 3.05) is 18.4 Å². The number of carbonyl (C=O) groups is 2. The van der Waals surface area contributed by atoms with Crippen molar-refractivity contribution in [3.8, 4) is 0 Å². The summed E-state index contributed by atoms with van der Waals surface area (Å²) in [7, 11) is 0. The van der Waals surface area contributed by atoms with E-state index in [9.17, 15) is 9.59 Å². The Kier molecular flexibility index (Phi) is 5.55. The molecule has 1 saturated heterocycles. The lowest BCUT2D eigenvalue weighted by Gasteiger charge is -2.17. The molecular formula is C20H18ClN5O2S. The predicted octanol–water partition coefficient (Wildman–Crippen LogP) is 4.06. The zero-order valence-corrected chi connectivity index (χ0v) is 17.1. The van der Waals surface area contributed by atoms with Gasteiger partial charge in [-0.2, -0.15) is 0 Å². The minimum absolute atomic E-state index is 0.262. The zero-order valence-electron chi connectivity index (χ0n) is 15.6. The van der Waals surface area contributed by atoms with Gasteiger partial charge in [0.25, 0.3) is 0 Å². The molecule has 0 spiro atoms. The number of benzene rings is 2. The molecule has 0 aliphatic carbocycles. The number of hydrogen-bond donors (Lipinski definition) is 2. The monoisotopic (exact) mass is 427 g/mol. The number of hydrogen-bond acceptors (Lipinski definition) is 6. The van der Waals surface area contributed by atoms with Crippen LogP contribution in [0.1, 0.15) is 6.92 Å². The van der Waals surface area contributed by atoms with Gasteiger partial charge in [0.2, 0.25) is 5.91 Å². The number of urea groups is 1. The zero-order chi connectivity index (χ0) is 20.4. The molecule has 4 rings (SSSR count). The molecule has 1 atom stereocenters.